The fraction of sp³-hybridized carbons (Fsp3) is 0.588. The van der Waals surface area contributed by atoms with Gasteiger partial charge in [0.2, 0.25) is 0 Å². The zero-order valence-corrected chi connectivity index (χ0v) is 13.5. The monoisotopic (exact) mass is 290 g/mol. The van der Waals surface area contributed by atoms with Crippen molar-refractivity contribution in [2.24, 2.45) is 0 Å². The number of nitrogens with one attached hydrogen (secondary N) is 1. The molecule has 21 heavy (non-hydrogen) atoms. The average molecular weight is 290 g/mol. The van der Waals surface area contributed by atoms with Crippen molar-refractivity contribution in [3.8, 4) is 0 Å². The van der Waals surface area contributed by atoms with Crippen LogP contribution in [0.15, 0.2) is 18.2 Å². The Balaban J connectivity index is 1.92. The molecule has 1 aromatic rings. The number of anilines is 2. The van der Waals surface area contributed by atoms with Crippen LogP contribution in [0.3, 0.4) is 0 Å². The molecular formula is C17H26N2O2. The largest absolute Gasteiger partial charge is 0.459 e. The van der Waals surface area contributed by atoms with Gasteiger partial charge in [-0.15, -0.1) is 0 Å². The van der Waals surface area contributed by atoms with Crippen molar-refractivity contribution in [1.29, 1.82) is 0 Å². The first-order valence-corrected chi connectivity index (χ1v) is 7.66. The lowest BCUT2D eigenvalue weighted by Crippen LogP contribution is -2.28. The number of nitrogens with zero attached hydrogens (tertiary/aromatic N) is 1. The van der Waals surface area contributed by atoms with E-state index in [0.717, 1.165) is 18.8 Å². The number of hydrogen-bond acceptors (Lipinski definition) is 4. The van der Waals surface area contributed by atoms with Crippen molar-refractivity contribution in [3.05, 3.63) is 23.8 Å². The zero-order valence-electron chi connectivity index (χ0n) is 13.5. The molecule has 1 aliphatic rings. The average Bonchev–Trinajstić information content (AvgIpc) is 2.88. The number of ether oxygens (including phenoxy) is 1. The highest BCUT2D eigenvalue weighted by molar-refractivity contribution is 5.75. The first-order valence-electron chi connectivity index (χ1n) is 7.66. The first-order chi connectivity index (χ1) is 9.85. The normalized spacial score (nSPS) is 15.1. The van der Waals surface area contributed by atoms with Crippen LogP contribution in [0.5, 0.6) is 0 Å². The second-order valence-corrected chi connectivity index (χ2v) is 6.64. The molecule has 4 heteroatoms. The molecule has 0 atom stereocenters. The molecule has 0 saturated carbocycles. The summed E-state index contributed by atoms with van der Waals surface area (Å²) in [5.74, 6) is -0.233. The van der Waals surface area contributed by atoms with Gasteiger partial charge in [-0.05, 0) is 64.3 Å². The lowest BCUT2D eigenvalue weighted by Gasteiger charge is -2.21. The van der Waals surface area contributed by atoms with Crippen LogP contribution in [0.1, 0.15) is 39.2 Å². The first kappa shape index (κ1) is 15.7. The predicted octanol–water partition coefficient (Wildman–Crippen LogP) is 3.35. The van der Waals surface area contributed by atoms with Gasteiger partial charge in [0.05, 0.1) is 0 Å². The van der Waals surface area contributed by atoms with E-state index in [-0.39, 0.29) is 12.5 Å². The molecule has 1 fully saturated rings. The van der Waals surface area contributed by atoms with E-state index < -0.39 is 5.60 Å². The minimum Gasteiger partial charge on any atom is -0.459 e. The molecule has 0 aromatic heterocycles. The van der Waals surface area contributed by atoms with Crippen LogP contribution in [0, 0.1) is 6.92 Å². The van der Waals surface area contributed by atoms with Crippen molar-refractivity contribution in [3.63, 3.8) is 0 Å². The Morgan fingerprint density at radius 1 is 1.29 bits per heavy atom. The molecule has 1 aliphatic heterocycles. The molecule has 1 heterocycles. The van der Waals surface area contributed by atoms with E-state index >= 15 is 0 Å². The quantitative estimate of drug-likeness (QED) is 0.864. The molecule has 116 valence electrons. The number of aryl methyl sites for hydroxylation is 1. The van der Waals surface area contributed by atoms with E-state index in [2.05, 4.69) is 29.3 Å². The maximum Gasteiger partial charge on any atom is 0.325 e. The van der Waals surface area contributed by atoms with E-state index in [1.807, 2.05) is 26.8 Å². The summed E-state index contributed by atoms with van der Waals surface area (Å²) >= 11 is 0. The highest BCUT2D eigenvalue weighted by Gasteiger charge is 2.17. The predicted molar refractivity (Wildman–Crippen MR) is 87.0 cm³/mol. The summed E-state index contributed by atoms with van der Waals surface area (Å²) in [5.41, 5.74) is 3.07. The summed E-state index contributed by atoms with van der Waals surface area (Å²) in [4.78, 5) is 14.1. The molecule has 0 radical (unpaired) electrons. The van der Waals surface area contributed by atoms with Gasteiger partial charge in [0.15, 0.2) is 0 Å². The van der Waals surface area contributed by atoms with Gasteiger partial charge < -0.3 is 15.0 Å². The van der Waals surface area contributed by atoms with Crippen molar-refractivity contribution < 1.29 is 9.53 Å². The molecule has 0 amide bonds. The third-order valence-electron chi connectivity index (χ3n) is 3.50. The molecule has 0 unspecified atom stereocenters. The Hall–Kier alpha value is -1.71. The Bertz CT molecular complexity index is 500. The SMILES string of the molecule is Cc1cc(NCC(=O)OC(C)(C)C)ccc1N1CCCC1. The van der Waals surface area contributed by atoms with Crippen LogP contribution in [-0.4, -0.2) is 31.2 Å². The maximum atomic E-state index is 11.7. The smallest absolute Gasteiger partial charge is 0.325 e. The Morgan fingerprint density at radius 3 is 2.52 bits per heavy atom. The fourth-order valence-electron chi connectivity index (χ4n) is 2.63. The maximum absolute atomic E-state index is 11.7. The topological polar surface area (TPSA) is 41.6 Å². The second kappa shape index (κ2) is 6.37. The van der Waals surface area contributed by atoms with Gasteiger partial charge in [-0.25, -0.2) is 0 Å². The van der Waals surface area contributed by atoms with Gasteiger partial charge in [-0.1, -0.05) is 0 Å². The van der Waals surface area contributed by atoms with Crippen LogP contribution < -0.4 is 10.2 Å². The molecule has 2 rings (SSSR count). The standard InChI is InChI=1S/C17H26N2O2/c1-13-11-14(18-12-16(20)21-17(2,3)4)7-8-15(13)19-9-5-6-10-19/h7-8,11,18H,5-6,9-10,12H2,1-4H3. The lowest BCUT2D eigenvalue weighted by atomic mass is 10.1. The molecule has 1 N–H and O–H groups in total. The molecular weight excluding hydrogens is 264 g/mol. The summed E-state index contributed by atoms with van der Waals surface area (Å²) in [7, 11) is 0. The third kappa shape index (κ3) is 4.66. The summed E-state index contributed by atoms with van der Waals surface area (Å²) in [6.45, 7) is 10.2. The van der Waals surface area contributed by atoms with Crippen LogP contribution in [-0.2, 0) is 9.53 Å². The second-order valence-electron chi connectivity index (χ2n) is 6.64. The number of carbonyl (C=O) groups is 1. The van der Waals surface area contributed by atoms with Crippen LogP contribution >= 0.6 is 0 Å². The highest BCUT2D eigenvalue weighted by Crippen LogP contribution is 2.26. The molecule has 0 bridgehead atoms. The van der Waals surface area contributed by atoms with Crippen molar-refractivity contribution in [1.82, 2.24) is 0 Å². The fourth-order valence-corrected chi connectivity index (χ4v) is 2.63. The molecule has 0 aliphatic carbocycles. The Kier molecular flexibility index (Phi) is 4.76. The molecule has 4 nitrogen and oxygen atoms in total. The summed E-state index contributed by atoms with van der Waals surface area (Å²) in [6.07, 6.45) is 2.55. The van der Waals surface area contributed by atoms with E-state index in [9.17, 15) is 4.79 Å². The van der Waals surface area contributed by atoms with E-state index in [4.69, 9.17) is 4.74 Å². The number of rotatable bonds is 4. The summed E-state index contributed by atoms with van der Waals surface area (Å²) in [6, 6.07) is 6.27. The number of hydrogen-bond donors (Lipinski definition) is 1. The third-order valence-corrected chi connectivity index (χ3v) is 3.50. The molecule has 1 saturated heterocycles. The van der Waals surface area contributed by atoms with Crippen LogP contribution in [0.25, 0.3) is 0 Å². The van der Waals surface area contributed by atoms with Crippen molar-refractivity contribution >= 4 is 17.3 Å². The van der Waals surface area contributed by atoms with Crippen molar-refractivity contribution in [2.75, 3.05) is 29.9 Å². The number of carbonyl (C=O) groups excluding carboxylic acids is 1. The van der Waals surface area contributed by atoms with Gasteiger partial charge in [-0.2, -0.15) is 0 Å². The minimum absolute atomic E-state index is 0.194. The minimum atomic E-state index is -0.436. The van der Waals surface area contributed by atoms with Gasteiger partial charge in [0.1, 0.15) is 12.1 Å². The van der Waals surface area contributed by atoms with Crippen molar-refractivity contribution in [2.45, 2.75) is 46.1 Å². The van der Waals surface area contributed by atoms with E-state index in [1.54, 1.807) is 0 Å². The Morgan fingerprint density at radius 2 is 1.95 bits per heavy atom. The highest BCUT2D eigenvalue weighted by atomic mass is 16.6. The van der Waals surface area contributed by atoms with Gasteiger partial charge in [-0.3, -0.25) is 4.79 Å². The van der Waals surface area contributed by atoms with Gasteiger partial charge in [0.25, 0.3) is 0 Å². The molecule has 1 aromatic carbocycles. The van der Waals surface area contributed by atoms with Gasteiger partial charge in [0, 0.05) is 24.5 Å². The lowest BCUT2D eigenvalue weighted by molar-refractivity contribution is -0.152. The van der Waals surface area contributed by atoms with E-state index in [0.29, 0.717) is 0 Å². The number of esters is 1. The van der Waals surface area contributed by atoms with E-state index in [1.165, 1.54) is 24.1 Å². The Labute approximate surface area is 127 Å². The van der Waals surface area contributed by atoms with Crippen LogP contribution in [0.4, 0.5) is 11.4 Å². The van der Waals surface area contributed by atoms with Crippen LogP contribution in [0.2, 0.25) is 0 Å². The number of benzene rings is 1. The zero-order chi connectivity index (χ0) is 15.5. The van der Waals surface area contributed by atoms with Gasteiger partial charge >= 0.3 is 5.97 Å². The summed E-state index contributed by atoms with van der Waals surface area (Å²) < 4.78 is 5.29. The summed E-state index contributed by atoms with van der Waals surface area (Å²) in [5, 5.41) is 3.13. The molecule has 0 spiro atoms.